The van der Waals surface area contributed by atoms with Gasteiger partial charge in [0.05, 0.1) is 0 Å². The van der Waals surface area contributed by atoms with Crippen molar-refractivity contribution in [3.63, 3.8) is 0 Å². The summed E-state index contributed by atoms with van der Waals surface area (Å²) in [6.07, 6.45) is 1.30. The lowest BCUT2D eigenvalue weighted by molar-refractivity contribution is -0.118. The first-order valence-corrected chi connectivity index (χ1v) is 10.6. The number of anilines is 2. The molecule has 1 aliphatic rings. The molecule has 0 atom stereocenters. The van der Waals surface area contributed by atoms with Crippen LogP contribution in [0.2, 0.25) is 0 Å². The van der Waals surface area contributed by atoms with Gasteiger partial charge in [0, 0.05) is 35.5 Å². The van der Waals surface area contributed by atoms with Crippen LogP contribution in [0.5, 0.6) is 5.75 Å². The van der Waals surface area contributed by atoms with Crippen molar-refractivity contribution < 1.29 is 19.1 Å². The summed E-state index contributed by atoms with van der Waals surface area (Å²) in [5, 5.41) is 2.76. The number of ketones is 1. The van der Waals surface area contributed by atoms with E-state index in [0.29, 0.717) is 35.5 Å². The second kappa shape index (κ2) is 9.47. The average molecular weight is 428 g/mol. The molecule has 1 aliphatic heterocycles. The number of carbonyl (C=O) groups is 3. The zero-order valence-corrected chi connectivity index (χ0v) is 17.8. The highest BCUT2D eigenvalue weighted by molar-refractivity contribution is 6.07. The molecule has 0 saturated heterocycles. The predicted molar refractivity (Wildman–Crippen MR) is 123 cm³/mol. The van der Waals surface area contributed by atoms with Gasteiger partial charge in [0.2, 0.25) is 0 Å². The molecule has 1 heterocycles. The largest absolute Gasteiger partial charge is 0.484 e. The molecule has 0 saturated carbocycles. The Labute approximate surface area is 186 Å². The van der Waals surface area contributed by atoms with Crippen molar-refractivity contribution in [2.75, 3.05) is 23.4 Å². The minimum absolute atomic E-state index is 0.0545. The minimum atomic E-state index is -0.314. The Morgan fingerprint density at radius 2 is 1.59 bits per heavy atom. The zero-order valence-electron chi connectivity index (χ0n) is 17.8. The smallest absolute Gasteiger partial charge is 0.262 e. The van der Waals surface area contributed by atoms with Gasteiger partial charge in [-0.05, 0) is 66.6 Å². The molecule has 0 unspecified atom stereocenters. The Kier molecular flexibility index (Phi) is 6.31. The number of amides is 2. The first kappa shape index (κ1) is 21.3. The molecule has 6 nitrogen and oxygen atoms in total. The van der Waals surface area contributed by atoms with Crippen LogP contribution in [0.3, 0.4) is 0 Å². The van der Waals surface area contributed by atoms with E-state index < -0.39 is 0 Å². The fraction of sp³-hybridized carbons (Fsp3) is 0.192. The van der Waals surface area contributed by atoms with Crippen LogP contribution in [0.25, 0.3) is 0 Å². The third-order valence-electron chi connectivity index (χ3n) is 5.42. The number of rotatable bonds is 7. The van der Waals surface area contributed by atoms with Crippen LogP contribution in [0.4, 0.5) is 11.4 Å². The first-order chi connectivity index (χ1) is 15.5. The molecular formula is C26H24N2O4. The number of benzene rings is 3. The van der Waals surface area contributed by atoms with Crippen LogP contribution in [0.1, 0.15) is 39.6 Å². The number of fused-ring (bicyclic) bond motifs is 1. The highest BCUT2D eigenvalue weighted by Crippen LogP contribution is 2.29. The summed E-state index contributed by atoms with van der Waals surface area (Å²) < 4.78 is 5.49. The molecule has 0 fully saturated rings. The van der Waals surface area contributed by atoms with Crippen LogP contribution in [-0.4, -0.2) is 30.7 Å². The van der Waals surface area contributed by atoms with Gasteiger partial charge < -0.3 is 15.0 Å². The number of hydrogen-bond acceptors (Lipinski definition) is 4. The zero-order chi connectivity index (χ0) is 22.5. The molecule has 2 amide bonds. The quantitative estimate of drug-likeness (QED) is 0.562. The topological polar surface area (TPSA) is 75.7 Å². The number of ether oxygens (including phenoxy) is 1. The van der Waals surface area contributed by atoms with E-state index in [1.807, 2.05) is 31.2 Å². The predicted octanol–water partition coefficient (Wildman–Crippen LogP) is 4.50. The van der Waals surface area contributed by atoms with Crippen LogP contribution in [0.15, 0.2) is 72.8 Å². The molecule has 3 aromatic rings. The number of carbonyl (C=O) groups excluding carboxylic acids is 3. The van der Waals surface area contributed by atoms with E-state index in [2.05, 4.69) is 5.32 Å². The summed E-state index contributed by atoms with van der Waals surface area (Å²) in [5.74, 6) is 0.206. The highest BCUT2D eigenvalue weighted by atomic mass is 16.5. The van der Waals surface area contributed by atoms with Crippen molar-refractivity contribution in [2.24, 2.45) is 0 Å². The summed E-state index contributed by atoms with van der Waals surface area (Å²) >= 11 is 0. The molecule has 0 radical (unpaired) electrons. The average Bonchev–Trinajstić information content (AvgIpc) is 3.27. The second-order valence-corrected chi connectivity index (χ2v) is 7.55. The van der Waals surface area contributed by atoms with Crippen molar-refractivity contribution in [2.45, 2.75) is 19.8 Å². The van der Waals surface area contributed by atoms with E-state index >= 15 is 0 Å². The Hall–Kier alpha value is -3.93. The van der Waals surface area contributed by atoms with E-state index in [1.54, 1.807) is 53.4 Å². The fourth-order valence-electron chi connectivity index (χ4n) is 3.69. The molecule has 6 heteroatoms. The molecule has 0 aromatic heterocycles. The monoisotopic (exact) mass is 428 g/mol. The van der Waals surface area contributed by atoms with E-state index in [9.17, 15) is 14.4 Å². The van der Waals surface area contributed by atoms with Gasteiger partial charge >= 0.3 is 0 Å². The van der Waals surface area contributed by atoms with Gasteiger partial charge in [0.1, 0.15) is 5.75 Å². The summed E-state index contributed by atoms with van der Waals surface area (Å²) in [5.41, 5.74) is 3.91. The number of nitrogens with one attached hydrogen (secondary N) is 1. The van der Waals surface area contributed by atoms with Gasteiger partial charge in [0.25, 0.3) is 11.8 Å². The Bertz CT molecular complexity index is 1140. The van der Waals surface area contributed by atoms with E-state index in [-0.39, 0.29) is 24.2 Å². The van der Waals surface area contributed by atoms with Crippen LogP contribution >= 0.6 is 0 Å². The Balaban J connectivity index is 1.31. The molecule has 32 heavy (non-hydrogen) atoms. The second-order valence-electron chi connectivity index (χ2n) is 7.55. The van der Waals surface area contributed by atoms with E-state index in [1.165, 1.54) is 5.56 Å². The van der Waals surface area contributed by atoms with Gasteiger partial charge in [-0.25, -0.2) is 0 Å². The maximum Gasteiger partial charge on any atom is 0.262 e. The van der Waals surface area contributed by atoms with Gasteiger partial charge in [-0.2, -0.15) is 0 Å². The standard InChI is InChI=1S/C26H24N2O4/c1-2-24(29)19-9-13-22(14-10-19)32-17-25(30)27-21-11-7-20(8-12-21)26(31)28-16-15-18-5-3-4-6-23(18)28/h3-14H,2,15-17H2,1H3,(H,27,30). The lowest BCUT2D eigenvalue weighted by Crippen LogP contribution is -2.28. The van der Waals surface area contributed by atoms with E-state index in [4.69, 9.17) is 4.74 Å². The molecule has 162 valence electrons. The molecule has 3 aromatic carbocycles. The lowest BCUT2D eigenvalue weighted by atomic mass is 10.1. The molecule has 1 N–H and O–H groups in total. The van der Waals surface area contributed by atoms with Crippen molar-refractivity contribution in [3.8, 4) is 5.75 Å². The first-order valence-electron chi connectivity index (χ1n) is 10.6. The third-order valence-corrected chi connectivity index (χ3v) is 5.42. The molecule has 4 rings (SSSR count). The third kappa shape index (κ3) is 4.70. The minimum Gasteiger partial charge on any atom is -0.484 e. The van der Waals surface area contributed by atoms with Gasteiger partial charge in [-0.1, -0.05) is 25.1 Å². The molecular weight excluding hydrogens is 404 g/mol. The summed E-state index contributed by atoms with van der Waals surface area (Å²) in [7, 11) is 0. The lowest BCUT2D eigenvalue weighted by Gasteiger charge is -2.17. The number of Topliss-reactive ketones (excluding diaryl/α,β-unsaturated/α-hetero) is 1. The fourth-order valence-corrected chi connectivity index (χ4v) is 3.69. The maximum atomic E-state index is 12.9. The number of hydrogen-bond donors (Lipinski definition) is 1. The summed E-state index contributed by atoms with van der Waals surface area (Å²) in [6, 6.07) is 21.5. The molecule has 0 bridgehead atoms. The van der Waals surface area contributed by atoms with Crippen molar-refractivity contribution in [1.82, 2.24) is 0 Å². The Morgan fingerprint density at radius 1 is 0.906 bits per heavy atom. The van der Waals surface area contributed by atoms with E-state index in [0.717, 1.165) is 12.1 Å². The molecule has 0 aliphatic carbocycles. The van der Waals surface area contributed by atoms with Crippen molar-refractivity contribution >= 4 is 29.0 Å². The van der Waals surface area contributed by atoms with Crippen molar-refractivity contribution in [1.29, 1.82) is 0 Å². The maximum absolute atomic E-state index is 12.9. The van der Waals surface area contributed by atoms with Crippen LogP contribution in [0, 0.1) is 0 Å². The van der Waals surface area contributed by atoms with Gasteiger partial charge in [-0.3, -0.25) is 14.4 Å². The number of para-hydroxylation sites is 1. The van der Waals surface area contributed by atoms with Crippen LogP contribution in [-0.2, 0) is 11.2 Å². The summed E-state index contributed by atoms with van der Waals surface area (Å²) in [6.45, 7) is 2.32. The normalized spacial score (nSPS) is 12.2. The SMILES string of the molecule is CCC(=O)c1ccc(OCC(=O)Nc2ccc(C(=O)N3CCc4ccccc43)cc2)cc1. The molecule has 0 spiro atoms. The van der Waals surface area contributed by atoms with Crippen molar-refractivity contribution in [3.05, 3.63) is 89.5 Å². The highest BCUT2D eigenvalue weighted by Gasteiger charge is 2.25. The Morgan fingerprint density at radius 3 is 2.31 bits per heavy atom. The van der Waals surface area contributed by atoms with Gasteiger partial charge in [-0.15, -0.1) is 0 Å². The van der Waals surface area contributed by atoms with Crippen LogP contribution < -0.4 is 15.0 Å². The number of nitrogens with zero attached hydrogens (tertiary/aromatic N) is 1. The van der Waals surface area contributed by atoms with Gasteiger partial charge in [0.15, 0.2) is 12.4 Å². The summed E-state index contributed by atoms with van der Waals surface area (Å²) in [4.78, 5) is 38.5.